The summed E-state index contributed by atoms with van der Waals surface area (Å²) in [6.45, 7) is 1.90. The van der Waals surface area contributed by atoms with Crippen molar-refractivity contribution in [3.05, 3.63) is 65.9 Å². The van der Waals surface area contributed by atoms with Crippen molar-refractivity contribution in [2.75, 3.05) is 5.32 Å². The van der Waals surface area contributed by atoms with Crippen molar-refractivity contribution in [3.8, 4) is 0 Å². The molecule has 0 saturated carbocycles. The van der Waals surface area contributed by atoms with Gasteiger partial charge in [-0.05, 0) is 42.7 Å². The lowest BCUT2D eigenvalue weighted by Crippen LogP contribution is -2.21. The number of carbonyl (C=O) groups excluding carboxylic acids is 2. The molecule has 0 spiro atoms. The van der Waals surface area contributed by atoms with E-state index in [1.54, 1.807) is 24.3 Å². The smallest absolute Gasteiger partial charge is 0.248 e. The Morgan fingerprint density at radius 1 is 1.16 bits per heavy atom. The van der Waals surface area contributed by atoms with Gasteiger partial charge in [0.1, 0.15) is 0 Å². The number of carbonyl (C=O) groups is 2. The highest BCUT2D eigenvalue weighted by molar-refractivity contribution is 5.96. The van der Waals surface area contributed by atoms with Gasteiger partial charge < -0.3 is 16.0 Å². The Kier molecular flexibility index (Phi) is 4.84. The fraction of sp³-hybridized carbons (Fsp3) is 0.200. The van der Waals surface area contributed by atoms with Crippen LogP contribution in [-0.2, 0) is 11.2 Å². The number of hydrogen-bond donors (Lipinski definition) is 3. The van der Waals surface area contributed by atoms with Crippen LogP contribution in [0.25, 0.3) is 10.9 Å². The Balaban J connectivity index is 1.61. The number of anilines is 1. The van der Waals surface area contributed by atoms with Crippen molar-refractivity contribution < 1.29 is 9.59 Å². The summed E-state index contributed by atoms with van der Waals surface area (Å²) in [6, 6.07) is 14.8. The SMILES string of the molecule is C[C@H](CCc1c[nH]c2ccccc12)C(=O)Nc1cccc(C(N)=O)c1. The summed E-state index contributed by atoms with van der Waals surface area (Å²) in [5.74, 6) is -0.726. The molecule has 1 heterocycles. The van der Waals surface area contributed by atoms with Crippen molar-refractivity contribution in [1.82, 2.24) is 4.98 Å². The summed E-state index contributed by atoms with van der Waals surface area (Å²) in [4.78, 5) is 26.9. The third kappa shape index (κ3) is 3.88. The Hall–Kier alpha value is -3.08. The molecule has 4 N–H and O–H groups in total. The van der Waals surface area contributed by atoms with Crippen molar-refractivity contribution in [2.45, 2.75) is 19.8 Å². The van der Waals surface area contributed by atoms with Gasteiger partial charge in [-0.25, -0.2) is 0 Å². The van der Waals surface area contributed by atoms with E-state index in [1.807, 2.05) is 31.3 Å². The van der Waals surface area contributed by atoms with Crippen LogP contribution in [0, 0.1) is 5.92 Å². The average molecular weight is 335 g/mol. The number of amides is 2. The van der Waals surface area contributed by atoms with E-state index in [1.165, 1.54) is 10.9 Å². The van der Waals surface area contributed by atoms with Gasteiger partial charge >= 0.3 is 0 Å². The third-order valence-electron chi connectivity index (χ3n) is 4.38. The van der Waals surface area contributed by atoms with Gasteiger partial charge in [-0.2, -0.15) is 0 Å². The van der Waals surface area contributed by atoms with Gasteiger partial charge in [0.05, 0.1) is 0 Å². The van der Waals surface area contributed by atoms with Gasteiger partial charge in [0.2, 0.25) is 11.8 Å². The first kappa shape index (κ1) is 16.8. The highest BCUT2D eigenvalue weighted by Gasteiger charge is 2.15. The Bertz CT molecular complexity index is 914. The molecule has 0 fully saturated rings. The number of aromatic nitrogens is 1. The minimum Gasteiger partial charge on any atom is -0.366 e. The number of aromatic amines is 1. The molecule has 5 heteroatoms. The van der Waals surface area contributed by atoms with Crippen LogP contribution in [0.3, 0.4) is 0 Å². The summed E-state index contributed by atoms with van der Waals surface area (Å²) >= 11 is 0. The van der Waals surface area contributed by atoms with Gasteiger partial charge in [-0.15, -0.1) is 0 Å². The molecule has 0 bridgehead atoms. The third-order valence-corrected chi connectivity index (χ3v) is 4.38. The molecule has 25 heavy (non-hydrogen) atoms. The number of rotatable bonds is 6. The molecule has 1 atom stereocenters. The molecule has 0 aliphatic heterocycles. The molecular formula is C20H21N3O2. The van der Waals surface area contributed by atoms with Crippen LogP contribution in [0.4, 0.5) is 5.69 Å². The predicted molar refractivity (Wildman–Crippen MR) is 99.4 cm³/mol. The number of H-pyrrole nitrogens is 1. The first-order valence-corrected chi connectivity index (χ1v) is 8.30. The molecule has 0 radical (unpaired) electrons. The van der Waals surface area contributed by atoms with Crippen LogP contribution in [0.1, 0.15) is 29.3 Å². The van der Waals surface area contributed by atoms with Crippen molar-refractivity contribution in [3.63, 3.8) is 0 Å². The summed E-state index contributed by atoms with van der Waals surface area (Å²) in [5.41, 5.74) is 8.55. The lowest BCUT2D eigenvalue weighted by atomic mass is 10.00. The molecule has 128 valence electrons. The second-order valence-corrected chi connectivity index (χ2v) is 6.23. The predicted octanol–water partition coefficient (Wildman–Crippen LogP) is 3.47. The maximum absolute atomic E-state index is 12.4. The van der Waals surface area contributed by atoms with E-state index in [2.05, 4.69) is 16.4 Å². The van der Waals surface area contributed by atoms with Crippen LogP contribution in [0.2, 0.25) is 0 Å². The van der Waals surface area contributed by atoms with E-state index < -0.39 is 5.91 Å². The van der Waals surface area contributed by atoms with Gasteiger partial charge in [0.25, 0.3) is 0 Å². The van der Waals surface area contributed by atoms with E-state index in [0.717, 1.165) is 18.4 Å². The first-order valence-electron chi connectivity index (χ1n) is 8.30. The number of aryl methyl sites for hydroxylation is 1. The first-order chi connectivity index (χ1) is 12.0. The Morgan fingerprint density at radius 2 is 1.96 bits per heavy atom. The molecule has 3 aromatic rings. The van der Waals surface area contributed by atoms with Crippen LogP contribution in [0.5, 0.6) is 0 Å². The van der Waals surface area contributed by atoms with Crippen LogP contribution in [-0.4, -0.2) is 16.8 Å². The van der Waals surface area contributed by atoms with Crippen molar-refractivity contribution >= 4 is 28.4 Å². The van der Waals surface area contributed by atoms with Crippen LogP contribution < -0.4 is 11.1 Å². The maximum Gasteiger partial charge on any atom is 0.248 e. The van der Waals surface area contributed by atoms with Crippen molar-refractivity contribution in [1.29, 1.82) is 0 Å². The molecule has 0 aliphatic rings. The second kappa shape index (κ2) is 7.21. The van der Waals surface area contributed by atoms with E-state index in [0.29, 0.717) is 11.3 Å². The molecular weight excluding hydrogens is 314 g/mol. The van der Waals surface area contributed by atoms with E-state index in [-0.39, 0.29) is 11.8 Å². The summed E-state index contributed by atoms with van der Waals surface area (Å²) in [5, 5.41) is 4.05. The molecule has 2 aromatic carbocycles. The number of benzene rings is 2. The fourth-order valence-corrected chi connectivity index (χ4v) is 2.86. The standard InChI is InChI=1S/C20H21N3O2/c1-13(9-10-15-12-22-18-8-3-2-7-17(15)18)20(25)23-16-6-4-5-14(11-16)19(21)24/h2-8,11-13,22H,9-10H2,1H3,(H2,21,24)(H,23,25)/t13-/m1/s1. The summed E-state index contributed by atoms with van der Waals surface area (Å²) < 4.78 is 0. The summed E-state index contributed by atoms with van der Waals surface area (Å²) in [7, 11) is 0. The fourth-order valence-electron chi connectivity index (χ4n) is 2.86. The Labute approximate surface area is 146 Å². The number of para-hydroxylation sites is 1. The molecule has 3 rings (SSSR count). The highest BCUT2D eigenvalue weighted by Crippen LogP contribution is 2.21. The minimum atomic E-state index is -0.511. The molecule has 2 amide bonds. The quantitative estimate of drug-likeness (QED) is 0.644. The number of nitrogens with one attached hydrogen (secondary N) is 2. The van der Waals surface area contributed by atoms with E-state index in [9.17, 15) is 9.59 Å². The van der Waals surface area contributed by atoms with Gasteiger partial charge in [-0.1, -0.05) is 31.2 Å². The highest BCUT2D eigenvalue weighted by atomic mass is 16.2. The normalized spacial score (nSPS) is 12.0. The molecule has 0 unspecified atom stereocenters. The molecule has 0 aliphatic carbocycles. The van der Waals surface area contributed by atoms with Crippen LogP contribution >= 0.6 is 0 Å². The zero-order valence-electron chi connectivity index (χ0n) is 14.1. The number of nitrogens with two attached hydrogens (primary N) is 1. The largest absolute Gasteiger partial charge is 0.366 e. The van der Waals surface area contributed by atoms with Gasteiger partial charge in [0, 0.05) is 34.3 Å². The maximum atomic E-state index is 12.4. The number of hydrogen-bond acceptors (Lipinski definition) is 2. The van der Waals surface area contributed by atoms with E-state index >= 15 is 0 Å². The second-order valence-electron chi connectivity index (χ2n) is 6.23. The summed E-state index contributed by atoms with van der Waals surface area (Å²) in [6.07, 6.45) is 3.56. The monoisotopic (exact) mass is 335 g/mol. The zero-order valence-corrected chi connectivity index (χ0v) is 14.1. The molecule has 5 nitrogen and oxygen atoms in total. The average Bonchev–Trinajstić information content (AvgIpc) is 3.03. The lowest BCUT2D eigenvalue weighted by molar-refractivity contribution is -0.119. The van der Waals surface area contributed by atoms with Crippen LogP contribution in [0.15, 0.2) is 54.7 Å². The number of fused-ring (bicyclic) bond motifs is 1. The minimum absolute atomic E-state index is 0.0681. The Morgan fingerprint density at radius 3 is 2.76 bits per heavy atom. The lowest BCUT2D eigenvalue weighted by Gasteiger charge is -2.12. The van der Waals surface area contributed by atoms with Crippen molar-refractivity contribution in [2.24, 2.45) is 11.7 Å². The molecule has 0 saturated heterocycles. The zero-order chi connectivity index (χ0) is 17.8. The van der Waals surface area contributed by atoms with Gasteiger partial charge in [0.15, 0.2) is 0 Å². The van der Waals surface area contributed by atoms with E-state index in [4.69, 9.17) is 5.73 Å². The topological polar surface area (TPSA) is 88.0 Å². The van der Waals surface area contributed by atoms with Gasteiger partial charge in [-0.3, -0.25) is 9.59 Å². The molecule has 1 aromatic heterocycles. The number of primary amides is 1.